The number of nitrogens with one attached hydrogen (secondary N) is 2. The third-order valence-electron chi connectivity index (χ3n) is 4.69. The minimum Gasteiger partial charge on any atom is -0.350 e. The van der Waals surface area contributed by atoms with Crippen molar-refractivity contribution in [1.29, 1.82) is 0 Å². The Labute approximate surface area is 166 Å². The highest BCUT2D eigenvalue weighted by atomic mass is 16.2. The molecule has 0 saturated heterocycles. The van der Waals surface area contributed by atoms with E-state index < -0.39 is 0 Å². The average Bonchev–Trinajstić information content (AvgIpc) is 2.65. The maximum Gasteiger partial charge on any atom is 0.238 e. The molecule has 0 fully saturated rings. The number of fused-ring (bicyclic) bond motifs is 1. The Kier molecular flexibility index (Phi) is 6.09. The molecule has 3 rings (SSSR count). The second-order valence-electron chi connectivity index (χ2n) is 8.23. The normalized spacial score (nSPS) is 16.9. The predicted octanol–water partition coefficient (Wildman–Crippen LogP) is 2.04. The molecule has 2 heterocycles. The number of carbonyl (C=O) groups is 2. The lowest BCUT2D eigenvalue weighted by Gasteiger charge is -2.37. The quantitative estimate of drug-likeness (QED) is 0.833. The first-order chi connectivity index (χ1) is 13.3. The topological polar surface area (TPSA) is 74.3 Å². The van der Waals surface area contributed by atoms with Crippen LogP contribution in [-0.2, 0) is 29.1 Å². The van der Waals surface area contributed by atoms with E-state index in [2.05, 4.69) is 27.8 Å². The third-order valence-corrected chi connectivity index (χ3v) is 4.69. The van der Waals surface area contributed by atoms with Crippen molar-refractivity contribution >= 4 is 11.8 Å². The number of amides is 2. The first-order valence-electron chi connectivity index (χ1n) is 9.61. The standard InChI is InChI=1S/C22H28N4O2/c1-22(2,3)25-21(28)19-12-16-8-4-5-9-17(16)14-26(19)15-20(27)24-13-18-10-6-7-11-23-18/h4-11,19H,12-15H2,1-3H3,(H,24,27)(H,25,28)/t19-/m0/s1. The lowest BCUT2D eigenvalue weighted by atomic mass is 9.93. The number of hydrogen-bond acceptors (Lipinski definition) is 4. The summed E-state index contributed by atoms with van der Waals surface area (Å²) in [6, 6.07) is 13.3. The molecule has 1 atom stereocenters. The van der Waals surface area contributed by atoms with Crippen molar-refractivity contribution in [3.63, 3.8) is 0 Å². The first kappa shape index (κ1) is 20.0. The van der Waals surface area contributed by atoms with Crippen molar-refractivity contribution < 1.29 is 9.59 Å². The average molecular weight is 380 g/mol. The minimum absolute atomic E-state index is 0.0421. The molecule has 148 valence electrons. The Bertz CT molecular complexity index is 830. The summed E-state index contributed by atoms with van der Waals surface area (Å²) < 4.78 is 0. The monoisotopic (exact) mass is 380 g/mol. The van der Waals surface area contributed by atoms with E-state index in [1.807, 2.05) is 56.0 Å². The Morgan fingerprint density at radius 3 is 2.50 bits per heavy atom. The van der Waals surface area contributed by atoms with Gasteiger partial charge in [-0.3, -0.25) is 19.5 Å². The van der Waals surface area contributed by atoms with Crippen LogP contribution in [0.4, 0.5) is 0 Å². The molecule has 1 aromatic carbocycles. The summed E-state index contributed by atoms with van der Waals surface area (Å²) in [5, 5.41) is 5.96. The number of aromatic nitrogens is 1. The van der Waals surface area contributed by atoms with Crippen molar-refractivity contribution in [3.8, 4) is 0 Å². The van der Waals surface area contributed by atoms with Gasteiger partial charge in [0.15, 0.2) is 0 Å². The molecular formula is C22H28N4O2. The number of rotatable bonds is 5. The highest BCUT2D eigenvalue weighted by Gasteiger charge is 2.33. The van der Waals surface area contributed by atoms with E-state index in [-0.39, 0.29) is 29.9 Å². The predicted molar refractivity (Wildman–Crippen MR) is 108 cm³/mol. The lowest BCUT2D eigenvalue weighted by Crippen LogP contribution is -2.56. The van der Waals surface area contributed by atoms with Crippen LogP contribution in [0.5, 0.6) is 0 Å². The lowest BCUT2D eigenvalue weighted by molar-refractivity contribution is -0.130. The van der Waals surface area contributed by atoms with Gasteiger partial charge < -0.3 is 10.6 Å². The Hall–Kier alpha value is -2.73. The molecule has 6 nitrogen and oxygen atoms in total. The van der Waals surface area contributed by atoms with Gasteiger partial charge in [0, 0.05) is 18.3 Å². The Morgan fingerprint density at radius 1 is 1.11 bits per heavy atom. The first-order valence-corrected chi connectivity index (χ1v) is 9.61. The van der Waals surface area contributed by atoms with Crippen LogP contribution in [0.3, 0.4) is 0 Å². The fourth-order valence-electron chi connectivity index (χ4n) is 3.39. The van der Waals surface area contributed by atoms with E-state index >= 15 is 0 Å². The van der Waals surface area contributed by atoms with Crippen LogP contribution in [0.15, 0.2) is 48.7 Å². The smallest absolute Gasteiger partial charge is 0.238 e. The van der Waals surface area contributed by atoms with Crippen LogP contribution in [-0.4, -0.2) is 39.8 Å². The Morgan fingerprint density at radius 2 is 1.82 bits per heavy atom. The summed E-state index contributed by atoms with van der Waals surface area (Å²) in [7, 11) is 0. The van der Waals surface area contributed by atoms with Gasteiger partial charge in [0.1, 0.15) is 0 Å². The van der Waals surface area contributed by atoms with Crippen LogP contribution in [0.1, 0.15) is 37.6 Å². The zero-order chi connectivity index (χ0) is 20.1. The van der Waals surface area contributed by atoms with Gasteiger partial charge in [-0.15, -0.1) is 0 Å². The van der Waals surface area contributed by atoms with Gasteiger partial charge in [0.25, 0.3) is 0 Å². The second-order valence-corrected chi connectivity index (χ2v) is 8.23. The molecular weight excluding hydrogens is 352 g/mol. The number of hydrogen-bond donors (Lipinski definition) is 2. The fourth-order valence-corrected chi connectivity index (χ4v) is 3.39. The molecule has 2 aromatic rings. The van der Waals surface area contributed by atoms with Crippen LogP contribution < -0.4 is 10.6 Å². The van der Waals surface area contributed by atoms with Gasteiger partial charge in [0.05, 0.1) is 24.8 Å². The maximum absolute atomic E-state index is 12.9. The summed E-state index contributed by atoms with van der Waals surface area (Å²) in [5.41, 5.74) is 2.82. The van der Waals surface area contributed by atoms with Gasteiger partial charge in [-0.2, -0.15) is 0 Å². The molecule has 0 radical (unpaired) electrons. The molecule has 1 aromatic heterocycles. The highest BCUT2D eigenvalue weighted by Crippen LogP contribution is 2.23. The van der Waals surface area contributed by atoms with Crippen molar-refractivity contribution in [2.45, 2.75) is 51.9 Å². The van der Waals surface area contributed by atoms with Crippen molar-refractivity contribution in [3.05, 3.63) is 65.5 Å². The van der Waals surface area contributed by atoms with Crippen molar-refractivity contribution in [2.24, 2.45) is 0 Å². The molecule has 0 bridgehead atoms. The molecule has 0 spiro atoms. The zero-order valence-corrected chi connectivity index (χ0v) is 16.7. The van der Waals surface area contributed by atoms with Crippen LogP contribution in [0, 0.1) is 0 Å². The van der Waals surface area contributed by atoms with Gasteiger partial charge >= 0.3 is 0 Å². The van der Waals surface area contributed by atoms with Crippen molar-refractivity contribution in [2.75, 3.05) is 6.54 Å². The van der Waals surface area contributed by atoms with E-state index in [4.69, 9.17) is 0 Å². The van der Waals surface area contributed by atoms with E-state index in [0.29, 0.717) is 19.5 Å². The van der Waals surface area contributed by atoms with E-state index in [1.54, 1.807) is 6.20 Å². The van der Waals surface area contributed by atoms with E-state index in [1.165, 1.54) is 11.1 Å². The molecule has 0 saturated carbocycles. The van der Waals surface area contributed by atoms with Crippen LogP contribution in [0.2, 0.25) is 0 Å². The highest BCUT2D eigenvalue weighted by molar-refractivity contribution is 5.84. The summed E-state index contributed by atoms with van der Waals surface area (Å²) >= 11 is 0. The molecule has 0 aliphatic carbocycles. The summed E-state index contributed by atoms with van der Waals surface area (Å²) in [6.45, 7) is 7.02. The molecule has 0 unspecified atom stereocenters. The SMILES string of the molecule is CC(C)(C)NC(=O)[C@@H]1Cc2ccccc2CN1CC(=O)NCc1ccccn1. The zero-order valence-electron chi connectivity index (χ0n) is 16.7. The summed E-state index contributed by atoms with van der Waals surface area (Å²) in [4.78, 5) is 31.6. The van der Waals surface area contributed by atoms with Gasteiger partial charge in [0.2, 0.25) is 11.8 Å². The van der Waals surface area contributed by atoms with Crippen LogP contribution >= 0.6 is 0 Å². The second kappa shape index (κ2) is 8.52. The number of pyridine rings is 1. The largest absolute Gasteiger partial charge is 0.350 e. The fraction of sp³-hybridized carbons (Fsp3) is 0.409. The molecule has 2 N–H and O–H groups in total. The molecule has 28 heavy (non-hydrogen) atoms. The molecule has 1 aliphatic rings. The molecule has 6 heteroatoms. The third kappa shape index (κ3) is 5.39. The number of benzene rings is 1. The van der Waals surface area contributed by atoms with E-state index in [0.717, 1.165) is 5.69 Å². The minimum atomic E-state index is -0.366. The maximum atomic E-state index is 12.9. The van der Waals surface area contributed by atoms with Gasteiger partial charge in [-0.05, 0) is 50.5 Å². The Balaban J connectivity index is 1.70. The summed E-state index contributed by atoms with van der Waals surface area (Å²) in [5.74, 6) is -0.155. The number of nitrogens with zero attached hydrogens (tertiary/aromatic N) is 2. The van der Waals surface area contributed by atoms with Crippen molar-refractivity contribution in [1.82, 2.24) is 20.5 Å². The molecule has 2 amide bonds. The van der Waals surface area contributed by atoms with Crippen LogP contribution in [0.25, 0.3) is 0 Å². The number of carbonyl (C=O) groups excluding carboxylic acids is 2. The van der Waals surface area contributed by atoms with E-state index in [9.17, 15) is 9.59 Å². The van der Waals surface area contributed by atoms with Gasteiger partial charge in [-0.25, -0.2) is 0 Å². The summed E-state index contributed by atoms with van der Waals surface area (Å²) in [6.07, 6.45) is 2.31. The molecule has 1 aliphatic heterocycles. The van der Waals surface area contributed by atoms with Gasteiger partial charge in [-0.1, -0.05) is 30.3 Å².